The highest BCUT2D eigenvalue weighted by molar-refractivity contribution is 5.98. The van der Waals surface area contributed by atoms with Gasteiger partial charge in [-0.15, -0.1) is 0 Å². The third kappa shape index (κ3) is 4.28. The Hall–Kier alpha value is -1.93. The molecule has 1 rings (SSSR count). The first-order valence-electron chi connectivity index (χ1n) is 6.35. The zero-order valence-corrected chi connectivity index (χ0v) is 11.8. The topological polar surface area (TPSA) is 32.3 Å². The molecule has 0 aliphatic carbocycles. The molecule has 0 heterocycles. The van der Waals surface area contributed by atoms with Gasteiger partial charge >= 0.3 is 18.3 Å². The van der Waals surface area contributed by atoms with Crippen LogP contribution in [0.15, 0.2) is 18.2 Å². The van der Waals surface area contributed by atoms with E-state index in [0.29, 0.717) is 19.2 Å². The molecule has 22 heavy (non-hydrogen) atoms. The van der Waals surface area contributed by atoms with Crippen molar-refractivity contribution in [3.8, 4) is 0 Å². The molecule has 9 heteroatoms. The molecule has 0 unspecified atom stereocenters. The van der Waals surface area contributed by atoms with Crippen LogP contribution < -0.4 is 10.2 Å². The predicted molar refractivity (Wildman–Crippen MR) is 69.7 cm³/mol. The Morgan fingerprint density at radius 3 is 2.05 bits per heavy atom. The molecule has 0 fully saturated rings. The SMILES string of the molecule is CCN(CC)c1ccc(C(F)(F)F)cc1NC(=O)C(F)(F)F. The Kier molecular flexibility index (Phi) is 5.31. The van der Waals surface area contributed by atoms with Gasteiger partial charge in [0.1, 0.15) is 0 Å². The van der Waals surface area contributed by atoms with Gasteiger partial charge in [-0.05, 0) is 32.0 Å². The van der Waals surface area contributed by atoms with Gasteiger partial charge in [0, 0.05) is 13.1 Å². The highest BCUT2D eigenvalue weighted by Crippen LogP contribution is 2.36. The number of halogens is 6. The molecule has 0 aliphatic rings. The van der Waals surface area contributed by atoms with Gasteiger partial charge in [-0.1, -0.05) is 0 Å². The molecular weight excluding hydrogens is 314 g/mol. The molecule has 0 saturated heterocycles. The molecule has 0 saturated carbocycles. The van der Waals surface area contributed by atoms with Crippen molar-refractivity contribution in [2.24, 2.45) is 0 Å². The van der Waals surface area contributed by atoms with Crippen molar-refractivity contribution in [2.45, 2.75) is 26.2 Å². The lowest BCUT2D eigenvalue weighted by Crippen LogP contribution is -2.31. The van der Waals surface area contributed by atoms with Crippen LogP contribution in [0.2, 0.25) is 0 Å². The van der Waals surface area contributed by atoms with Crippen LogP contribution in [0.4, 0.5) is 37.7 Å². The molecule has 0 aromatic heterocycles. The second-order valence-corrected chi connectivity index (χ2v) is 4.35. The van der Waals surface area contributed by atoms with Gasteiger partial charge in [-0.3, -0.25) is 4.79 Å². The van der Waals surface area contributed by atoms with Gasteiger partial charge in [0.15, 0.2) is 0 Å². The summed E-state index contributed by atoms with van der Waals surface area (Å²) in [6, 6.07) is 2.30. The third-order valence-electron chi connectivity index (χ3n) is 2.93. The summed E-state index contributed by atoms with van der Waals surface area (Å²) in [4.78, 5) is 12.5. The normalized spacial score (nSPS) is 12.2. The Bertz CT molecular complexity index is 534. The van der Waals surface area contributed by atoms with Gasteiger partial charge in [0.25, 0.3) is 0 Å². The van der Waals surface area contributed by atoms with E-state index >= 15 is 0 Å². The molecule has 0 spiro atoms. The second kappa shape index (κ2) is 6.45. The predicted octanol–water partition coefficient (Wildman–Crippen LogP) is 4.05. The minimum absolute atomic E-state index is 0.0931. The average molecular weight is 328 g/mol. The largest absolute Gasteiger partial charge is 0.471 e. The standard InChI is InChI=1S/C13H14F6N2O/c1-3-21(4-2)10-6-5-8(12(14,15)16)7-9(10)20-11(22)13(17,18)19/h5-7H,3-4H2,1-2H3,(H,20,22). The minimum atomic E-state index is -5.19. The van der Waals surface area contributed by atoms with Crippen molar-refractivity contribution in [1.29, 1.82) is 0 Å². The summed E-state index contributed by atoms with van der Waals surface area (Å²) in [5.41, 5.74) is -1.57. The molecule has 3 nitrogen and oxygen atoms in total. The van der Waals surface area contributed by atoms with Crippen LogP contribution in [0.3, 0.4) is 0 Å². The molecule has 1 amide bonds. The van der Waals surface area contributed by atoms with Gasteiger partial charge in [-0.2, -0.15) is 26.3 Å². The van der Waals surface area contributed by atoms with Crippen molar-refractivity contribution in [3.63, 3.8) is 0 Å². The summed E-state index contributed by atoms with van der Waals surface area (Å²) in [7, 11) is 0. The summed E-state index contributed by atoms with van der Waals surface area (Å²) >= 11 is 0. The molecule has 1 aromatic rings. The quantitative estimate of drug-likeness (QED) is 0.846. The lowest BCUT2D eigenvalue weighted by atomic mass is 10.1. The van der Waals surface area contributed by atoms with E-state index in [4.69, 9.17) is 0 Å². The van der Waals surface area contributed by atoms with Crippen LogP contribution in [-0.4, -0.2) is 25.2 Å². The summed E-state index contributed by atoms with van der Waals surface area (Å²) in [6.45, 7) is 4.10. The number of rotatable bonds is 4. The number of hydrogen-bond acceptors (Lipinski definition) is 2. The maximum absolute atomic E-state index is 12.7. The maximum atomic E-state index is 12.7. The number of alkyl halides is 6. The van der Waals surface area contributed by atoms with E-state index in [1.54, 1.807) is 13.8 Å². The Balaban J connectivity index is 3.31. The first-order chi connectivity index (χ1) is 10.0. The summed E-state index contributed by atoms with van der Waals surface area (Å²) in [5.74, 6) is -2.32. The van der Waals surface area contributed by atoms with E-state index in [0.717, 1.165) is 12.1 Å². The Morgan fingerprint density at radius 2 is 1.64 bits per heavy atom. The fourth-order valence-corrected chi connectivity index (χ4v) is 1.85. The molecular formula is C13H14F6N2O. The number of hydrogen-bond donors (Lipinski definition) is 1. The van der Waals surface area contributed by atoms with E-state index in [1.807, 2.05) is 0 Å². The van der Waals surface area contributed by atoms with Crippen LogP contribution in [0, 0.1) is 0 Å². The van der Waals surface area contributed by atoms with Crippen molar-refractivity contribution in [2.75, 3.05) is 23.3 Å². The number of nitrogens with zero attached hydrogens (tertiary/aromatic N) is 1. The zero-order chi connectivity index (χ0) is 17.1. The van der Waals surface area contributed by atoms with Gasteiger partial charge in [0.05, 0.1) is 16.9 Å². The summed E-state index contributed by atoms with van der Waals surface area (Å²) < 4.78 is 75.0. The van der Waals surface area contributed by atoms with Crippen LogP contribution in [0.5, 0.6) is 0 Å². The minimum Gasteiger partial charge on any atom is -0.370 e. The Labute approximate surface area is 122 Å². The number of carbonyl (C=O) groups excluding carboxylic acids is 1. The maximum Gasteiger partial charge on any atom is 0.471 e. The highest BCUT2D eigenvalue weighted by Gasteiger charge is 2.39. The van der Waals surface area contributed by atoms with Crippen LogP contribution in [0.1, 0.15) is 19.4 Å². The monoisotopic (exact) mass is 328 g/mol. The number of nitrogens with one attached hydrogen (secondary N) is 1. The Morgan fingerprint density at radius 1 is 1.09 bits per heavy atom. The van der Waals surface area contributed by atoms with E-state index < -0.39 is 29.5 Å². The van der Waals surface area contributed by atoms with Gasteiger partial charge in [-0.25, -0.2) is 0 Å². The van der Waals surface area contributed by atoms with Crippen LogP contribution in [0.25, 0.3) is 0 Å². The first kappa shape index (κ1) is 18.1. The first-order valence-corrected chi connectivity index (χ1v) is 6.35. The van der Waals surface area contributed by atoms with E-state index in [9.17, 15) is 31.1 Å². The molecule has 124 valence electrons. The molecule has 0 atom stereocenters. The lowest BCUT2D eigenvalue weighted by Gasteiger charge is -2.25. The van der Waals surface area contributed by atoms with Gasteiger partial charge < -0.3 is 10.2 Å². The number of benzene rings is 1. The van der Waals surface area contributed by atoms with Crippen molar-refractivity contribution >= 4 is 17.3 Å². The van der Waals surface area contributed by atoms with Gasteiger partial charge in [0.2, 0.25) is 0 Å². The fourth-order valence-electron chi connectivity index (χ4n) is 1.85. The van der Waals surface area contributed by atoms with Crippen LogP contribution >= 0.6 is 0 Å². The third-order valence-corrected chi connectivity index (χ3v) is 2.93. The number of carbonyl (C=O) groups is 1. The fraction of sp³-hybridized carbons (Fsp3) is 0.462. The average Bonchev–Trinajstić information content (AvgIpc) is 2.39. The van der Waals surface area contributed by atoms with Crippen molar-refractivity contribution < 1.29 is 31.1 Å². The number of anilines is 2. The van der Waals surface area contributed by atoms with E-state index in [1.165, 1.54) is 10.2 Å². The summed E-state index contributed by atoms with van der Waals surface area (Å²) in [6.07, 6.45) is -9.91. The summed E-state index contributed by atoms with van der Waals surface area (Å²) in [5, 5.41) is 1.51. The molecule has 0 aliphatic heterocycles. The smallest absolute Gasteiger partial charge is 0.370 e. The number of amides is 1. The zero-order valence-electron chi connectivity index (χ0n) is 11.8. The molecule has 0 radical (unpaired) electrons. The highest BCUT2D eigenvalue weighted by atomic mass is 19.4. The molecule has 0 bridgehead atoms. The van der Waals surface area contributed by atoms with Crippen molar-refractivity contribution in [3.05, 3.63) is 23.8 Å². The van der Waals surface area contributed by atoms with Crippen LogP contribution in [-0.2, 0) is 11.0 Å². The molecule has 1 N–H and O–H groups in total. The lowest BCUT2D eigenvalue weighted by molar-refractivity contribution is -0.167. The van der Waals surface area contributed by atoms with E-state index in [-0.39, 0.29) is 5.69 Å². The van der Waals surface area contributed by atoms with E-state index in [2.05, 4.69) is 0 Å². The molecule has 1 aromatic carbocycles. The van der Waals surface area contributed by atoms with Crippen molar-refractivity contribution in [1.82, 2.24) is 0 Å². The second-order valence-electron chi connectivity index (χ2n) is 4.35.